The smallest absolute Gasteiger partial charge is 0.328 e. The van der Waals surface area contributed by atoms with Crippen LogP contribution >= 0.6 is 0 Å². The molecule has 8 heteroatoms. The SMILES string of the molecule is CC(=O)Oc1cccnc1C(=O)N[C@@H](C)C(=O)O[C@H](C(C)C)[C@H](C)Oc1ccccc1. The molecule has 31 heavy (non-hydrogen) atoms. The Balaban J connectivity index is 2.03. The molecule has 2 rings (SSSR count). The number of aromatic nitrogens is 1. The topological polar surface area (TPSA) is 104 Å². The van der Waals surface area contributed by atoms with Gasteiger partial charge in [-0.25, -0.2) is 9.78 Å². The summed E-state index contributed by atoms with van der Waals surface area (Å²) in [7, 11) is 0. The van der Waals surface area contributed by atoms with E-state index in [1.54, 1.807) is 0 Å². The number of hydrogen-bond acceptors (Lipinski definition) is 7. The van der Waals surface area contributed by atoms with Crippen LogP contribution in [0, 0.1) is 5.92 Å². The van der Waals surface area contributed by atoms with Crippen LogP contribution in [0.15, 0.2) is 48.7 Å². The molecule has 2 aromatic rings. The molecule has 1 amide bonds. The number of carbonyl (C=O) groups excluding carboxylic acids is 3. The summed E-state index contributed by atoms with van der Waals surface area (Å²) < 4.78 is 16.6. The van der Waals surface area contributed by atoms with Gasteiger partial charge in [0.1, 0.15) is 24.0 Å². The van der Waals surface area contributed by atoms with E-state index in [2.05, 4.69) is 10.3 Å². The number of nitrogens with zero attached hydrogens (tertiary/aromatic N) is 1. The van der Waals surface area contributed by atoms with Gasteiger partial charge in [-0.1, -0.05) is 32.0 Å². The van der Waals surface area contributed by atoms with Crippen molar-refractivity contribution in [3.8, 4) is 11.5 Å². The van der Waals surface area contributed by atoms with E-state index in [4.69, 9.17) is 14.2 Å². The highest BCUT2D eigenvalue weighted by atomic mass is 16.6. The Hall–Kier alpha value is -3.42. The first-order valence-electron chi connectivity index (χ1n) is 10.1. The molecule has 1 aromatic heterocycles. The summed E-state index contributed by atoms with van der Waals surface area (Å²) >= 11 is 0. The largest absolute Gasteiger partial charge is 0.487 e. The fourth-order valence-corrected chi connectivity index (χ4v) is 2.91. The Morgan fingerprint density at radius 3 is 2.26 bits per heavy atom. The average Bonchev–Trinajstić information content (AvgIpc) is 2.72. The van der Waals surface area contributed by atoms with E-state index in [1.165, 1.54) is 32.2 Å². The van der Waals surface area contributed by atoms with Gasteiger partial charge in [0.2, 0.25) is 0 Å². The zero-order valence-corrected chi connectivity index (χ0v) is 18.3. The molecular weight excluding hydrogens is 400 g/mol. The van der Waals surface area contributed by atoms with E-state index in [-0.39, 0.29) is 17.4 Å². The highest BCUT2D eigenvalue weighted by Crippen LogP contribution is 2.19. The van der Waals surface area contributed by atoms with Crippen LogP contribution in [0.4, 0.5) is 0 Å². The zero-order chi connectivity index (χ0) is 23.0. The summed E-state index contributed by atoms with van der Waals surface area (Å²) in [5.41, 5.74) is -0.0986. The fourth-order valence-electron chi connectivity index (χ4n) is 2.91. The highest BCUT2D eigenvalue weighted by molar-refractivity contribution is 5.97. The van der Waals surface area contributed by atoms with Gasteiger partial charge < -0.3 is 19.5 Å². The van der Waals surface area contributed by atoms with Crippen LogP contribution < -0.4 is 14.8 Å². The second-order valence-electron chi connectivity index (χ2n) is 7.42. The molecule has 0 fully saturated rings. The lowest BCUT2D eigenvalue weighted by Gasteiger charge is -2.29. The molecule has 166 valence electrons. The predicted molar refractivity (Wildman–Crippen MR) is 114 cm³/mol. The average molecular weight is 428 g/mol. The summed E-state index contributed by atoms with van der Waals surface area (Å²) in [4.78, 5) is 40.4. The van der Waals surface area contributed by atoms with Crippen molar-refractivity contribution >= 4 is 17.8 Å². The van der Waals surface area contributed by atoms with Crippen molar-refractivity contribution in [2.45, 2.75) is 52.9 Å². The lowest BCUT2D eigenvalue weighted by molar-refractivity contribution is -0.158. The number of pyridine rings is 1. The number of nitrogens with one attached hydrogen (secondary N) is 1. The van der Waals surface area contributed by atoms with Crippen LogP contribution in [-0.4, -0.2) is 41.1 Å². The summed E-state index contributed by atoms with van der Waals surface area (Å²) in [6.45, 7) is 8.40. The van der Waals surface area contributed by atoms with E-state index < -0.39 is 36.1 Å². The molecule has 0 aliphatic rings. The van der Waals surface area contributed by atoms with Crippen molar-refractivity contribution in [3.63, 3.8) is 0 Å². The van der Waals surface area contributed by atoms with Crippen LogP contribution in [0.3, 0.4) is 0 Å². The zero-order valence-electron chi connectivity index (χ0n) is 18.3. The Bertz CT molecular complexity index is 900. The minimum atomic E-state index is -0.954. The van der Waals surface area contributed by atoms with Crippen molar-refractivity contribution in [1.29, 1.82) is 0 Å². The van der Waals surface area contributed by atoms with Crippen LogP contribution in [0.1, 0.15) is 45.1 Å². The number of para-hydroxylation sites is 1. The van der Waals surface area contributed by atoms with Crippen LogP contribution in [0.25, 0.3) is 0 Å². The van der Waals surface area contributed by atoms with E-state index in [0.29, 0.717) is 5.75 Å². The van der Waals surface area contributed by atoms with Gasteiger partial charge in [-0.15, -0.1) is 0 Å². The Morgan fingerprint density at radius 2 is 1.65 bits per heavy atom. The molecule has 0 unspecified atom stereocenters. The fraction of sp³-hybridized carbons (Fsp3) is 0.391. The lowest BCUT2D eigenvalue weighted by atomic mass is 10.0. The molecule has 3 atom stereocenters. The van der Waals surface area contributed by atoms with Crippen molar-refractivity contribution < 1.29 is 28.6 Å². The van der Waals surface area contributed by atoms with E-state index in [1.807, 2.05) is 51.1 Å². The molecule has 0 radical (unpaired) electrons. The molecule has 0 saturated heterocycles. The standard InChI is InChI=1S/C23H28N2O6/c1-14(2)21(16(4)29-18-10-7-6-8-11-18)31-23(28)15(3)25-22(27)20-19(30-17(5)26)12-9-13-24-20/h6-16,21H,1-5H3,(H,25,27)/t15-,16-,21+/m0/s1. The van der Waals surface area contributed by atoms with Gasteiger partial charge in [-0.3, -0.25) is 9.59 Å². The maximum Gasteiger partial charge on any atom is 0.328 e. The molecular formula is C23H28N2O6. The van der Waals surface area contributed by atoms with Gasteiger partial charge in [0.05, 0.1) is 0 Å². The quantitative estimate of drug-likeness (QED) is 0.612. The van der Waals surface area contributed by atoms with Gasteiger partial charge in [0.15, 0.2) is 11.4 Å². The molecule has 1 N–H and O–H groups in total. The van der Waals surface area contributed by atoms with Crippen LogP contribution in [0.5, 0.6) is 11.5 Å². The van der Waals surface area contributed by atoms with Crippen molar-refractivity contribution in [2.24, 2.45) is 5.92 Å². The van der Waals surface area contributed by atoms with Crippen molar-refractivity contribution in [3.05, 3.63) is 54.4 Å². The lowest BCUT2D eigenvalue weighted by Crippen LogP contribution is -2.45. The third kappa shape index (κ3) is 7.09. The van der Waals surface area contributed by atoms with Gasteiger partial charge in [0, 0.05) is 13.1 Å². The maximum atomic E-state index is 12.6. The molecule has 1 heterocycles. The third-order valence-corrected chi connectivity index (χ3v) is 4.38. The van der Waals surface area contributed by atoms with Gasteiger partial charge in [-0.05, 0) is 44.0 Å². The predicted octanol–water partition coefficient (Wildman–Crippen LogP) is 3.16. The van der Waals surface area contributed by atoms with E-state index in [9.17, 15) is 14.4 Å². The Labute approximate surface area is 181 Å². The number of benzene rings is 1. The molecule has 1 aromatic carbocycles. The third-order valence-electron chi connectivity index (χ3n) is 4.38. The first-order valence-corrected chi connectivity index (χ1v) is 10.1. The van der Waals surface area contributed by atoms with Crippen molar-refractivity contribution in [1.82, 2.24) is 10.3 Å². The molecule has 0 saturated carbocycles. The summed E-state index contributed by atoms with van der Waals surface area (Å²) in [5, 5.41) is 2.53. The Morgan fingerprint density at radius 1 is 0.968 bits per heavy atom. The first-order chi connectivity index (χ1) is 14.7. The summed E-state index contributed by atoms with van der Waals surface area (Å²) in [5.74, 6) is -1.18. The molecule has 0 spiro atoms. The summed E-state index contributed by atoms with van der Waals surface area (Å²) in [6, 6.07) is 11.3. The minimum absolute atomic E-state index is 0.0120. The van der Waals surface area contributed by atoms with Crippen LogP contribution in [0.2, 0.25) is 0 Å². The Kier molecular flexibility index (Phi) is 8.54. The molecule has 0 bridgehead atoms. The van der Waals surface area contributed by atoms with Gasteiger partial charge in [0.25, 0.3) is 5.91 Å². The molecule has 8 nitrogen and oxygen atoms in total. The summed E-state index contributed by atoms with van der Waals surface area (Å²) in [6.07, 6.45) is 0.460. The highest BCUT2D eigenvalue weighted by Gasteiger charge is 2.30. The van der Waals surface area contributed by atoms with Gasteiger partial charge >= 0.3 is 11.9 Å². The monoisotopic (exact) mass is 428 g/mol. The van der Waals surface area contributed by atoms with Crippen molar-refractivity contribution in [2.75, 3.05) is 0 Å². The van der Waals surface area contributed by atoms with Gasteiger partial charge in [-0.2, -0.15) is 0 Å². The number of rotatable bonds is 9. The normalized spacial score (nSPS) is 13.6. The van der Waals surface area contributed by atoms with Crippen LogP contribution in [-0.2, 0) is 14.3 Å². The molecule has 0 aliphatic heterocycles. The van der Waals surface area contributed by atoms with E-state index >= 15 is 0 Å². The van der Waals surface area contributed by atoms with E-state index in [0.717, 1.165) is 0 Å². The number of ether oxygens (including phenoxy) is 3. The molecule has 0 aliphatic carbocycles. The second kappa shape index (κ2) is 11.1. The minimum Gasteiger partial charge on any atom is -0.487 e. The number of carbonyl (C=O) groups is 3. The first kappa shape index (κ1) is 23.9. The number of esters is 2. The maximum absolute atomic E-state index is 12.6. The number of hydrogen-bond donors (Lipinski definition) is 1. The second-order valence-corrected chi connectivity index (χ2v) is 7.42. The number of amides is 1.